The average Bonchev–Trinajstić information content (AvgIpc) is 2.27. The highest BCUT2D eigenvalue weighted by atomic mass is 35.5. The first-order chi connectivity index (χ1) is 7.65. The highest BCUT2D eigenvalue weighted by molar-refractivity contribution is 6.22. The monoisotopic (exact) mass is 239 g/mol. The van der Waals surface area contributed by atoms with Crippen LogP contribution in [0.15, 0.2) is 17.1 Å². The number of hydrogen-bond acceptors (Lipinski definition) is 3. The van der Waals surface area contributed by atoms with Crippen molar-refractivity contribution in [3.63, 3.8) is 0 Å². The zero-order valence-corrected chi connectivity index (χ0v) is 10.3. The third-order valence-electron chi connectivity index (χ3n) is 2.72. The fourth-order valence-electron chi connectivity index (χ4n) is 1.93. The summed E-state index contributed by atoms with van der Waals surface area (Å²) in [4.78, 5) is 4.34. The van der Waals surface area contributed by atoms with Crippen LogP contribution in [-0.4, -0.2) is 25.4 Å². The van der Waals surface area contributed by atoms with Crippen molar-refractivity contribution in [1.82, 2.24) is 0 Å². The van der Waals surface area contributed by atoms with Gasteiger partial charge in [-0.15, -0.1) is 0 Å². The zero-order chi connectivity index (χ0) is 11.7. The number of nitrogens with zero attached hydrogens (tertiary/aromatic N) is 1. The Hall–Kier alpha value is -1.22. The lowest BCUT2D eigenvalue weighted by molar-refractivity contribution is 0.354. The van der Waals surface area contributed by atoms with Gasteiger partial charge in [0.15, 0.2) is 11.5 Å². The van der Waals surface area contributed by atoms with Gasteiger partial charge < -0.3 is 9.47 Å². The van der Waals surface area contributed by atoms with Crippen LogP contribution in [0.3, 0.4) is 0 Å². The normalized spacial score (nSPS) is 18.8. The van der Waals surface area contributed by atoms with E-state index in [1.165, 1.54) is 0 Å². The molecule has 86 valence electrons. The van der Waals surface area contributed by atoms with Gasteiger partial charge in [-0.1, -0.05) is 11.6 Å². The van der Waals surface area contributed by atoms with E-state index in [0.29, 0.717) is 0 Å². The van der Waals surface area contributed by atoms with Crippen molar-refractivity contribution in [2.45, 2.75) is 18.8 Å². The number of aliphatic imine (C=N–C) groups is 1. The molecule has 2 rings (SSSR count). The van der Waals surface area contributed by atoms with E-state index in [-0.39, 0.29) is 5.50 Å². The Labute approximate surface area is 100 Å². The second kappa shape index (κ2) is 4.34. The molecule has 3 nitrogen and oxygen atoms in total. The molecular weight excluding hydrogens is 226 g/mol. The highest BCUT2D eigenvalue weighted by Crippen LogP contribution is 2.33. The summed E-state index contributed by atoms with van der Waals surface area (Å²) in [6.45, 7) is 1.96. The molecule has 1 aromatic rings. The number of fused-ring (bicyclic) bond motifs is 1. The van der Waals surface area contributed by atoms with Crippen LogP contribution in [0.2, 0.25) is 0 Å². The lowest BCUT2D eigenvalue weighted by Crippen LogP contribution is -2.15. The van der Waals surface area contributed by atoms with Crippen molar-refractivity contribution >= 4 is 17.3 Å². The molecule has 0 spiro atoms. The lowest BCUT2D eigenvalue weighted by Gasteiger charge is -2.20. The smallest absolute Gasteiger partial charge is 0.161 e. The van der Waals surface area contributed by atoms with E-state index in [4.69, 9.17) is 21.1 Å². The van der Waals surface area contributed by atoms with Crippen molar-refractivity contribution in [3.8, 4) is 11.5 Å². The number of alkyl halides is 1. The number of ether oxygens (including phenoxy) is 2. The Morgan fingerprint density at radius 3 is 2.50 bits per heavy atom. The summed E-state index contributed by atoms with van der Waals surface area (Å²) in [5, 5.41) is 0. The van der Waals surface area contributed by atoms with Gasteiger partial charge in [0.2, 0.25) is 0 Å². The van der Waals surface area contributed by atoms with Gasteiger partial charge in [0.05, 0.1) is 14.2 Å². The molecule has 1 aliphatic rings. The van der Waals surface area contributed by atoms with Crippen molar-refractivity contribution in [2.75, 3.05) is 14.2 Å². The summed E-state index contributed by atoms with van der Waals surface area (Å²) in [7, 11) is 3.26. The van der Waals surface area contributed by atoms with Crippen LogP contribution < -0.4 is 9.47 Å². The third kappa shape index (κ3) is 1.87. The van der Waals surface area contributed by atoms with Gasteiger partial charge >= 0.3 is 0 Å². The molecule has 0 bridgehead atoms. The minimum Gasteiger partial charge on any atom is -0.493 e. The maximum Gasteiger partial charge on any atom is 0.161 e. The average molecular weight is 240 g/mol. The number of rotatable bonds is 2. The quantitative estimate of drug-likeness (QED) is 0.587. The Balaban J connectivity index is 2.54. The van der Waals surface area contributed by atoms with E-state index in [2.05, 4.69) is 4.99 Å². The summed E-state index contributed by atoms with van der Waals surface area (Å²) in [5.74, 6) is 1.46. The predicted octanol–water partition coefficient (Wildman–Crippen LogP) is 2.63. The van der Waals surface area contributed by atoms with E-state index in [0.717, 1.165) is 34.8 Å². The maximum atomic E-state index is 6.05. The molecule has 0 aromatic heterocycles. The van der Waals surface area contributed by atoms with Gasteiger partial charge in [0, 0.05) is 17.7 Å². The third-order valence-corrected chi connectivity index (χ3v) is 2.97. The number of hydrogen-bond donors (Lipinski definition) is 0. The van der Waals surface area contributed by atoms with Crippen molar-refractivity contribution < 1.29 is 9.47 Å². The van der Waals surface area contributed by atoms with Crippen molar-refractivity contribution in [3.05, 3.63) is 23.3 Å². The number of benzene rings is 1. The van der Waals surface area contributed by atoms with Gasteiger partial charge in [-0.05, 0) is 24.6 Å². The molecule has 1 heterocycles. The molecule has 0 saturated carbocycles. The maximum absolute atomic E-state index is 6.05. The molecular formula is C12H14ClNO2. The van der Waals surface area contributed by atoms with Gasteiger partial charge in [0.1, 0.15) is 5.50 Å². The van der Waals surface area contributed by atoms with Gasteiger partial charge in [-0.3, -0.25) is 4.99 Å². The Morgan fingerprint density at radius 1 is 1.25 bits per heavy atom. The summed E-state index contributed by atoms with van der Waals surface area (Å²) in [5.41, 5.74) is 3.02. The topological polar surface area (TPSA) is 30.8 Å². The van der Waals surface area contributed by atoms with Crippen LogP contribution in [0.1, 0.15) is 18.1 Å². The van der Waals surface area contributed by atoms with E-state index in [1.54, 1.807) is 14.2 Å². The first kappa shape index (κ1) is 11.3. The van der Waals surface area contributed by atoms with E-state index in [9.17, 15) is 0 Å². The molecule has 0 aliphatic carbocycles. The Kier molecular flexibility index (Phi) is 3.06. The van der Waals surface area contributed by atoms with Crippen LogP contribution >= 0.6 is 11.6 Å². The fourth-order valence-corrected chi connectivity index (χ4v) is 2.25. The number of halogens is 1. The molecule has 16 heavy (non-hydrogen) atoms. The molecule has 1 atom stereocenters. The lowest BCUT2D eigenvalue weighted by atomic mass is 9.97. The molecule has 0 amide bonds. The van der Waals surface area contributed by atoms with Crippen molar-refractivity contribution in [2.24, 2.45) is 4.99 Å². The van der Waals surface area contributed by atoms with Gasteiger partial charge in [-0.2, -0.15) is 0 Å². The summed E-state index contributed by atoms with van der Waals surface area (Å²) in [6.07, 6.45) is 0.731. The van der Waals surface area contributed by atoms with Crippen LogP contribution in [0, 0.1) is 0 Å². The van der Waals surface area contributed by atoms with E-state index in [1.807, 2.05) is 19.1 Å². The molecule has 0 fully saturated rings. The predicted molar refractivity (Wildman–Crippen MR) is 65.1 cm³/mol. The van der Waals surface area contributed by atoms with E-state index >= 15 is 0 Å². The van der Waals surface area contributed by atoms with Gasteiger partial charge in [-0.25, -0.2) is 0 Å². The standard InChI is InChI=1S/C12H14ClNO2/c1-7-9-6-11(16-3)10(15-2)4-8(9)5-12(13)14-7/h4,6,12H,5H2,1-3H3. The SMILES string of the molecule is COc1cc2c(cc1OC)C(C)=NC(Cl)C2. The van der Waals surface area contributed by atoms with Gasteiger partial charge in [0.25, 0.3) is 0 Å². The molecule has 0 saturated heterocycles. The second-order valence-electron chi connectivity index (χ2n) is 3.72. The van der Waals surface area contributed by atoms with Crippen LogP contribution in [0.5, 0.6) is 11.5 Å². The summed E-state index contributed by atoms with van der Waals surface area (Å²) < 4.78 is 10.5. The molecule has 1 aliphatic heterocycles. The van der Waals surface area contributed by atoms with Crippen LogP contribution in [-0.2, 0) is 6.42 Å². The molecule has 1 aromatic carbocycles. The Bertz CT molecular complexity index is 443. The molecule has 0 N–H and O–H groups in total. The number of methoxy groups -OCH3 is 2. The van der Waals surface area contributed by atoms with Crippen molar-refractivity contribution in [1.29, 1.82) is 0 Å². The first-order valence-electron chi connectivity index (χ1n) is 5.09. The molecule has 4 heteroatoms. The summed E-state index contributed by atoms with van der Waals surface area (Å²) in [6, 6.07) is 3.93. The van der Waals surface area contributed by atoms with Crippen LogP contribution in [0.25, 0.3) is 0 Å². The largest absolute Gasteiger partial charge is 0.493 e. The van der Waals surface area contributed by atoms with E-state index < -0.39 is 0 Å². The minimum absolute atomic E-state index is 0.175. The second-order valence-corrected chi connectivity index (χ2v) is 4.22. The summed E-state index contributed by atoms with van der Waals surface area (Å²) >= 11 is 6.05. The fraction of sp³-hybridized carbons (Fsp3) is 0.417. The van der Waals surface area contributed by atoms with Crippen LogP contribution in [0.4, 0.5) is 0 Å². The molecule has 1 unspecified atom stereocenters. The Morgan fingerprint density at radius 2 is 1.88 bits per heavy atom. The molecule has 0 radical (unpaired) electrons. The highest BCUT2D eigenvalue weighted by Gasteiger charge is 2.19. The minimum atomic E-state index is -0.175. The zero-order valence-electron chi connectivity index (χ0n) is 9.58. The first-order valence-corrected chi connectivity index (χ1v) is 5.53.